The molecule has 0 bridgehead atoms. The first-order valence-corrected chi connectivity index (χ1v) is 5.30. The molecule has 1 saturated heterocycles. The van der Waals surface area contributed by atoms with E-state index in [-0.39, 0.29) is 0 Å². The molecule has 75 valence electrons. The molecule has 15 heavy (non-hydrogen) atoms. The monoisotopic (exact) mass is 197 g/mol. The van der Waals surface area contributed by atoms with Crippen LogP contribution in [0.1, 0.15) is 0 Å². The minimum Gasteiger partial charge on any atom is -0.357 e. The van der Waals surface area contributed by atoms with Crippen molar-refractivity contribution in [2.75, 3.05) is 24.7 Å². The summed E-state index contributed by atoms with van der Waals surface area (Å²) in [5.74, 6) is 0. The summed E-state index contributed by atoms with van der Waals surface area (Å²) in [5, 5.41) is 5.78. The maximum Gasteiger partial charge on any atom is 0.0683 e. The molecule has 2 nitrogen and oxygen atoms in total. The van der Waals surface area contributed by atoms with E-state index in [1.165, 1.54) is 16.5 Å². The van der Waals surface area contributed by atoms with Gasteiger partial charge in [0.1, 0.15) is 0 Å². The van der Waals surface area contributed by atoms with Crippen LogP contribution in [0.25, 0.3) is 10.8 Å². The second kappa shape index (κ2) is 3.55. The summed E-state index contributed by atoms with van der Waals surface area (Å²) in [4.78, 5) is 2.31. The van der Waals surface area contributed by atoms with Crippen molar-refractivity contribution in [3.63, 3.8) is 0 Å². The lowest BCUT2D eigenvalue weighted by Crippen LogP contribution is -2.20. The van der Waals surface area contributed by atoms with Crippen molar-refractivity contribution in [3.05, 3.63) is 42.5 Å². The molecule has 1 radical (unpaired) electrons. The molecule has 0 aromatic heterocycles. The average Bonchev–Trinajstić information content (AvgIpc) is 2.82. The van der Waals surface area contributed by atoms with Gasteiger partial charge in [-0.05, 0) is 16.8 Å². The molecule has 1 aliphatic heterocycles. The Kier molecular flexibility index (Phi) is 2.07. The molecule has 0 amide bonds. The number of nitrogens with one attached hydrogen (secondary N) is 1. The Morgan fingerprint density at radius 3 is 2.93 bits per heavy atom. The maximum absolute atomic E-state index is 3.45. The summed E-state index contributed by atoms with van der Waals surface area (Å²) in [6, 6.07) is 16.1. The predicted octanol–water partition coefficient (Wildman–Crippen LogP) is 2.01. The van der Waals surface area contributed by atoms with Gasteiger partial charge in [0.25, 0.3) is 0 Å². The van der Waals surface area contributed by atoms with Crippen LogP contribution in [0.4, 0.5) is 5.69 Å². The lowest BCUT2D eigenvalue weighted by atomic mass is 10.1. The second-order valence-electron chi connectivity index (χ2n) is 3.85. The van der Waals surface area contributed by atoms with E-state index >= 15 is 0 Å². The highest BCUT2D eigenvalue weighted by Crippen LogP contribution is 2.21. The van der Waals surface area contributed by atoms with Gasteiger partial charge in [0.15, 0.2) is 0 Å². The van der Waals surface area contributed by atoms with Crippen LogP contribution < -0.4 is 10.2 Å². The smallest absolute Gasteiger partial charge is 0.0683 e. The summed E-state index contributed by atoms with van der Waals surface area (Å²) in [6.07, 6.45) is 0. The van der Waals surface area contributed by atoms with Crippen molar-refractivity contribution in [1.29, 1.82) is 0 Å². The van der Waals surface area contributed by atoms with Gasteiger partial charge >= 0.3 is 0 Å². The van der Waals surface area contributed by atoms with Crippen molar-refractivity contribution in [2.45, 2.75) is 0 Å². The third-order valence-corrected chi connectivity index (χ3v) is 2.85. The number of hydrogen-bond donors (Lipinski definition) is 1. The highest BCUT2D eigenvalue weighted by atomic mass is 15.3. The Balaban J connectivity index is 2.05. The van der Waals surface area contributed by atoms with Gasteiger partial charge in [0.2, 0.25) is 0 Å². The molecular weight excluding hydrogens is 184 g/mol. The highest BCUT2D eigenvalue weighted by molar-refractivity contribution is 5.85. The summed E-state index contributed by atoms with van der Waals surface area (Å²) in [7, 11) is 0. The third kappa shape index (κ3) is 1.57. The molecule has 3 rings (SSSR count). The molecule has 2 heteroatoms. The molecule has 0 unspecified atom stereocenters. The Hall–Kier alpha value is -1.54. The lowest BCUT2D eigenvalue weighted by Gasteiger charge is -2.16. The molecule has 0 atom stereocenters. The van der Waals surface area contributed by atoms with Crippen LogP contribution in [0.2, 0.25) is 0 Å². The predicted molar refractivity (Wildman–Crippen MR) is 63.0 cm³/mol. The van der Waals surface area contributed by atoms with Gasteiger partial charge in [0, 0.05) is 24.8 Å². The van der Waals surface area contributed by atoms with E-state index in [0.717, 1.165) is 19.8 Å². The first kappa shape index (κ1) is 8.74. The number of benzene rings is 2. The fourth-order valence-corrected chi connectivity index (χ4v) is 2.00. The minimum absolute atomic E-state index is 0.939. The minimum atomic E-state index is 0.939. The van der Waals surface area contributed by atoms with Gasteiger partial charge in [-0.25, -0.2) is 0 Å². The second-order valence-corrected chi connectivity index (χ2v) is 3.85. The molecule has 0 aliphatic carbocycles. The first-order valence-electron chi connectivity index (χ1n) is 5.30. The largest absolute Gasteiger partial charge is 0.357 e. The molecule has 2 aromatic rings. The fraction of sp³-hybridized carbons (Fsp3) is 0.231. The lowest BCUT2D eigenvalue weighted by molar-refractivity contribution is 0.855. The number of hydrogen-bond acceptors (Lipinski definition) is 2. The van der Waals surface area contributed by atoms with Crippen LogP contribution in [-0.4, -0.2) is 19.8 Å². The molecule has 0 saturated carbocycles. The molecule has 1 aliphatic rings. The maximum atomic E-state index is 3.45. The zero-order valence-corrected chi connectivity index (χ0v) is 8.53. The van der Waals surface area contributed by atoms with Gasteiger partial charge in [-0.3, -0.25) is 5.32 Å². The van der Waals surface area contributed by atoms with E-state index in [1.54, 1.807) is 0 Å². The topological polar surface area (TPSA) is 15.3 Å². The summed E-state index contributed by atoms with van der Waals surface area (Å²) in [6.45, 7) is 3.09. The summed E-state index contributed by atoms with van der Waals surface area (Å²) < 4.78 is 0. The van der Waals surface area contributed by atoms with Crippen molar-refractivity contribution in [2.24, 2.45) is 0 Å². The van der Waals surface area contributed by atoms with Crippen LogP contribution >= 0.6 is 0 Å². The number of fused-ring (bicyclic) bond motifs is 1. The molecule has 1 fully saturated rings. The molecule has 1 heterocycles. The first-order chi connectivity index (χ1) is 7.43. The van der Waals surface area contributed by atoms with Gasteiger partial charge < -0.3 is 4.90 Å². The van der Waals surface area contributed by atoms with Crippen LogP contribution in [-0.2, 0) is 0 Å². The van der Waals surface area contributed by atoms with Crippen LogP contribution in [0.5, 0.6) is 0 Å². The number of anilines is 1. The standard InChI is InChI=1S/C13H13N2/c1-2-4-12-9-13(6-5-11(12)3-1)15-8-7-14-10-15/h1-6,14H,7-8,10H2. The van der Waals surface area contributed by atoms with Gasteiger partial charge in [0.05, 0.1) is 6.67 Å². The van der Waals surface area contributed by atoms with Crippen molar-refractivity contribution < 1.29 is 0 Å². The number of rotatable bonds is 1. The Labute approximate surface area is 89.5 Å². The van der Waals surface area contributed by atoms with Crippen molar-refractivity contribution in [1.82, 2.24) is 5.32 Å². The summed E-state index contributed by atoms with van der Waals surface area (Å²) >= 11 is 0. The molecule has 2 aromatic carbocycles. The SMILES string of the molecule is [c]1c(N2CCNC2)ccc2ccccc12. The molecule has 1 N–H and O–H groups in total. The highest BCUT2D eigenvalue weighted by Gasteiger charge is 2.11. The van der Waals surface area contributed by atoms with E-state index in [1.807, 2.05) is 0 Å². The van der Waals surface area contributed by atoms with Crippen LogP contribution in [0.3, 0.4) is 0 Å². The quantitative estimate of drug-likeness (QED) is 0.752. The van der Waals surface area contributed by atoms with E-state index in [4.69, 9.17) is 0 Å². The van der Waals surface area contributed by atoms with Gasteiger partial charge in [-0.1, -0.05) is 30.3 Å². The van der Waals surface area contributed by atoms with E-state index < -0.39 is 0 Å². The van der Waals surface area contributed by atoms with Gasteiger partial charge in [-0.2, -0.15) is 0 Å². The van der Waals surface area contributed by atoms with Crippen LogP contribution in [0.15, 0.2) is 36.4 Å². The Morgan fingerprint density at radius 1 is 1.13 bits per heavy atom. The van der Waals surface area contributed by atoms with E-state index in [2.05, 4.69) is 52.7 Å². The zero-order valence-electron chi connectivity index (χ0n) is 8.53. The average molecular weight is 197 g/mol. The van der Waals surface area contributed by atoms with E-state index in [9.17, 15) is 0 Å². The van der Waals surface area contributed by atoms with Crippen molar-refractivity contribution >= 4 is 16.5 Å². The third-order valence-electron chi connectivity index (χ3n) is 2.85. The number of nitrogens with zero attached hydrogens (tertiary/aromatic N) is 1. The molecular formula is C13H13N2. The normalized spacial score (nSPS) is 16.1. The zero-order chi connectivity index (χ0) is 10.1. The van der Waals surface area contributed by atoms with Gasteiger partial charge in [-0.15, -0.1) is 0 Å². The van der Waals surface area contributed by atoms with Crippen LogP contribution in [0, 0.1) is 6.07 Å². The van der Waals surface area contributed by atoms with E-state index in [0.29, 0.717) is 0 Å². The Bertz CT molecular complexity index is 473. The fourth-order valence-electron chi connectivity index (χ4n) is 2.00. The molecule has 0 spiro atoms. The summed E-state index contributed by atoms with van der Waals surface area (Å²) in [5.41, 5.74) is 1.19. The van der Waals surface area contributed by atoms with Crippen molar-refractivity contribution in [3.8, 4) is 0 Å². The Morgan fingerprint density at radius 2 is 2.07 bits per heavy atom.